The molecule has 61 valence electrons. The zero-order chi connectivity index (χ0) is 7.82. The highest BCUT2D eigenvalue weighted by Crippen LogP contribution is 2.13. The predicted molar refractivity (Wildman–Crippen MR) is 51.9 cm³/mol. The maximum Gasteiger partial charge on any atom is 0.0223 e. The Morgan fingerprint density at radius 3 is 2.50 bits per heavy atom. The molecular weight excluding hydrogens is 211 g/mol. The van der Waals surface area contributed by atoms with E-state index in [2.05, 4.69) is 22.9 Å². The summed E-state index contributed by atoms with van der Waals surface area (Å²) in [6.07, 6.45) is 5.91. The van der Waals surface area contributed by atoms with Crippen LogP contribution in [0.25, 0.3) is 0 Å². The van der Waals surface area contributed by atoms with Crippen LogP contribution in [-0.2, 0) is 0 Å². The van der Waals surface area contributed by atoms with Gasteiger partial charge in [-0.3, -0.25) is 0 Å². The third-order valence-electron chi connectivity index (χ3n) is 1.46. The van der Waals surface area contributed by atoms with Crippen molar-refractivity contribution in [3.63, 3.8) is 0 Å². The Kier molecular flexibility index (Phi) is 8.48. The Labute approximate surface area is 77.5 Å². The molecule has 0 bridgehead atoms. The summed E-state index contributed by atoms with van der Waals surface area (Å²) >= 11 is 9.06. The number of hydrogen-bond acceptors (Lipinski definition) is 0. The van der Waals surface area contributed by atoms with Crippen molar-refractivity contribution >= 4 is 27.5 Å². The molecule has 0 nitrogen and oxygen atoms in total. The molecule has 0 amide bonds. The van der Waals surface area contributed by atoms with Gasteiger partial charge in [-0.2, -0.15) is 0 Å². The Morgan fingerprint density at radius 1 is 1.30 bits per heavy atom. The predicted octanol–water partition coefficient (Wildman–Crippen LogP) is 3.77. The molecule has 0 aromatic heterocycles. The Morgan fingerprint density at radius 2 is 2.00 bits per heavy atom. The second kappa shape index (κ2) is 7.87. The summed E-state index contributed by atoms with van der Waals surface area (Å²) < 4.78 is 0. The lowest BCUT2D eigenvalue weighted by atomic mass is 10.1. The first-order chi connectivity index (χ1) is 4.81. The summed E-state index contributed by atoms with van der Waals surface area (Å²) in [4.78, 5) is 0.614. The largest absolute Gasteiger partial charge is 0.127 e. The van der Waals surface area contributed by atoms with Gasteiger partial charge in [0.25, 0.3) is 0 Å². The third-order valence-corrected chi connectivity index (χ3v) is 2.65. The molecule has 0 N–H and O–H groups in total. The van der Waals surface area contributed by atoms with E-state index in [9.17, 15) is 0 Å². The van der Waals surface area contributed by atoms with E-state index >= 15 is 0 Å². The second-order valence-corrected chi connectivity index (χ2v) is 4.10. The third kappa shape index (κ3) is 6.88. The minimum absolute atomic E-state index is 0.614. The van der Waals surface area contributed by atoms with Crippen LogP contribution in [0.4, 0.5) is 0 Å². The molecule has 0 aliphatic rings. The molecule has 1 atom stereocenters. The van der Waals surface area contributed by atoms with E-state index in [-0.39, 0.29) is 0 Å². The van der Waals surface area contributed by atoms with Crippen molar-refractivity contribution in [1.29, 1.82) is 0 Å². The molecule has 2 heteroatoms. The first kappa shape index (κ1) is 10.8. The maximum atomic E-state index is 5.53. The van der Waals surface area contributed by atoms with Gasteiger partial charge in [0.1, 0.15) is 0 Å². The van der Waals surface area contributed by atoms with E-state index in [0.29, 0.717) is 4.83 Å². The molecule has 0 heterocycles. The van der Waals surface area contributed by atoms with Gasteiger partial charge >= 0.3 is 0 Å². The van der Waals surface area contributed by atoms with E-state index in [1.807, 2.05) is 0 Å². The topological polar surface area (TPSA) is 0 Å². The standard InChI is InChI=1S/C8H15BrCl/c1-2-8(9)6-4-3-5-7-10/h8H,1-7H2. The zero-order valence-electron chi connectivity index (χ0n) is 6.28. The van der Waals surface area contributed by atoms with Crippen LogP contribution in [0.5, 0.6) is 0 Å². The van der Waals surface area contributed by atoms with Gasteiger partial charge in [0.2, 0.25) is 0 Å². The van der Waals surface area contributed by atoms with Gasteiger partial charge in [0.05, 0.1) is 0 Å². The van der Waals surface area contributed by atoms with E-state index in [1.165, 1.54) is 19.3 Å². The smallest absolute Gasteiger partial charge is 0.0223 e. The minimum Gasteiger partial charge on any atom is -0.127 e. The molecule has 0 rings (SSSR count). The summed E-state index contributed by atoms with van der Waals surface area (Å²) in [6, 6.07) is 0. The van der Waals surface area contributed by atoms with E-state index in [0.717, 1.165) is 18.7 Å². The van der Waals surface area contributed by atoms with Gasteiger partial charge in [0, 0.05) is 10.7 Å². The van der Waals surface area contributed by atoms with E-state index in [1.54, 1.807) is 0 Å². The van der Waals surface area contributed by atoms with Gasteiger partial charge in [-0.15, -0.1) is 11.6 Å². The van der Waals surface area contributed by atoms with E-state index < -0.39 is 0 Å². The van der Waals surface area contributed by atoms with Crippen LogP contribution in [0, 0.1) is 6.92 Å². The monoisotopic (exact) mass is 225 g/mol. The minimum atomic E-state index is 0.614. The SMILES string of the molecule is [CH2]CC(Br)CCCCCCl. The van der Waals surface area contributed by atoms with Crippen LogP contribution in [0.2, 0.25) is 0 Å². The normalized spacial score (nSPS) is 13.5. The molecule has 0 saturated heterocycles. The van der Waals surface area contributed by atoms with Gasteiger partial charge in [-0.05, 0) is 19.3 Å². The maximum absolute atomic E-state index is 5.53. The van der Waals surface area contributed by atoms with Gasteiger partial charge in [-0.1, -0.05) is 35.7 Å². The zero-order valence-corrected chi connectivity index (χ0v) is 8.62. The molecule has 0 spiro atoms. The summed E-state index contributed by atoms with van der Waals surface area (Å²) in [5.74, 6) is 0.803. The summed E-state index contributed by atoms with van der Waals surface area (Å²) in [7, 11) is 0. The van der Waals surface area contributed by atoms with Crippen molar-refractivity contribution in [3.8, 4) is 0 Å². The first-order valence-corrected chi connectivity index (χ1v) is 5.25. The highest BCUT2D eigenvalue weighted by molar-refractivity contribution is 9.09. The Bertz CT molecular complexity index is 66.3. The average Bonchev–Trinajstić information content (AvgIpc) is 1.98. The lowest BCUT2D eigenvalue weighted by molar-refractivity contribution is 0.654. The summed E-state index contributed by atoms with van der Waals surface area (Å²) in [5.41, 5.74) is 0. The van der Waals surface area contributed by atoms with Crippen molar-refractivity contribution in [1.82, 2.24) is 0 Å². The lowest BCUT2D eigenvalue weighted by Gasteiger charge is -2.04. The molecular formula is C8H15BrCl. The van der Waals surface area contributed by atoms with Crippen molar-refractivity contribution in [3.05, 3.63) is 6.92 Å². The number of rotatable bonds is 6. The molecule has 0 aliphatic carbocycles. The molecule has 0 aromatic rings. The average molecular weight is 227 g/mol. The van der Waals surface area contributed by atoms with Gasteiger partial charge in [-0.25, -0.2) is 0 Å². The van der Waals surface area contributed by atoms with Crippen molar-refractivity contribution in [2.75, 3.05) is 5.88 Å². The fraction of sp³-hybridized carbons (Fsp3) is 0.875. The highest BCUT2D eigenvalue weighted by Gasteiger charge is 1.98. The Balaban J connectivity index is 2.89. The van der Waals surface area contributed by atoms with Crippen molar-refractivity contribution < 1.29 is 0 Å². The van der Waals surface area contributed by atoms with Crippen molar-refractivity contribution in [2.24, 2.45) is 0 Å². The number of unbranched alkanes of at least 4 members (excludes halogenated alkanes) is 2. The molecule has 0 saturated carbocycles. The second-order valence-electron chi connectivity index (χ2n) is 2.42. The number of alkyl halides is 2. The molecule has 10 heavy (non-hydrogen) atoms. The fourth-order valence-electron chi connectivity index (χ4n) is 0.781. The van der Waals surface area contributed by atoms with Crippen LogP contribution >= 0.6 is 27.5 Å². The van der Waals surface area contributed by atoms with Gasteiger partial charge in [0.15, 0.2) is 0 Å². The van der Waals surface area contributed by atoms with Crippen LogP contribution in [0.15, 0.2) is 0 Å². The number of hydrogen-bond donors (Lipinski definition) is 0. The molecule has 1 unspecified atom stereocenters. The van der Waals surface area contributed by atoms with Crippen LogP contribution < -0.4 is 0 Å². The quantitative estimate of drug-likeness (QED) is 0.478. The highest BCUT2D eigenvalue weighted by atomic mass is 79.9. The molecule has 0 aromatic carbocycles. The van der Waals surface area contributed by atoms with Crippen molar-refractivity contribution in [2.45, 2.75) is 36.9 Å². The Hall–Kier alpha value is 0.770. The fourth-order valence-corrected chi connectivity index (χ4v) is 1.29. The molecule has 0 aliphatic heterocycles. The van der Waals surface area contributed by atoms with Crippen LogP contribution in [0.3, 0.4) is 0 Å². The summed E-state index contributed by atoms with van der Waals surface area (Å²) in [5, 5.41) is 0. The van der Waals surface area contributed by atoms with E-state index in [4.69, 9.17) is 11.6 Å². The van der Waals surface area contributed by atoms with Gasteiger partial charge < -0.3 is 0 Å². The van der Waals surface area contributed by atoms with Crippen LogP contribution in [0.1, 0.15) is 32.1 Å². The summed E-state index contributed by atoms with van der Waals surface area (Å²) in [6.45, 7) is 3.81. The molecule has 0 fully saturated rings. The lowest BCUT2D eigenvalue weighted by Crippen LogP contribution is -1.94. The van der Waals surface area contributed by atoms with Crippen LogP contribution in [-0.4, -0.2) is 10.7 Å². The number of halogens is 2. The molecule has 1 radical (unpaired) electrons. The first-order valence-electron chi connectivity index (χ1n) is 3.80.